The number of nitrogens with two attached hydrogens (primary N) is 1. The predicted molar refractivity (Wildman–Crippen MR) is 87.3 cm³/mol. The average molecular weight is 370 g/mol. The Morgan fingerprint density at radius 1 is 1.32 bits per heavy atom. The molecule has 0 spiro atoms. The number of rotatable bonds is 2. The minimum Gasteiger partial charge on any atom is -0.370 e. The van der Waals surface area contributed by atoms with E-state index in [1.165, 1.54) is 19.3 Å². The second-order valence-corrected chi connectivity index (χ2v) is 4.53. The van der Waals surface area contributed by atoms with Crippen LogP contribution in [0.4, 0.5) is 0 Å². The van der Waals surface area contributed by atoms with Crippen LogP contribution < -0.4 is 5.73 Å². The fraction of sp³-hybridized carbons (Fsp3) is 0.429. The van der Waals surface area contributed by atoms with Gasteiger partial charge in [-0.1, -0.05) is 12.1 Å². The van der Waals surface area contributed by atoms with Crippen molar-refractivity contribution < 1.29 is 0 Å². The SMILES string of the molecule is I.N#Cc1cccc(CN=C(N)N2CCCCC2)c1. The van der Waals surface area contributed by atoms with Gasteiger partial charge in [0.05, 0.1) is 18.2 Å². The molecule has 1 heterocycles. The van der Waals surface area contributed by atoms with Crippen LogP contribution in [0.15, 0.2) is 29.3 Å². The minimum atomic E-state index is 0. The van der Waals surface area contributed by atoms with E-state index in [1.807, 2.05) is 18.2 Å². The number of hydrogen-bond acceptors (Lipinski definition) is 2. The summed E-state index contributed by atoms with van der Waals surface area (Å²) < 4.78 is 0. The second kappa shape index (κ2) is 8.00. The standard InChI is InChI=1S/C14H18N4.HI/c15-10-12-5-4-6-13(9-12)11-17-14(16)18-7-2-1-3-8-18;/h4-6,9H,1-3,7-8,11H2,(H2,16,17);1H. The van der Waals surface area contributed by atoms with E-state index in [0.29, 0.717) is 18.1 Å². The summed E-state index contributed by atoms with van der Waals surface area (Å²) in [5.41, 5.74) is 7.67. The summed E-state index contributed by atoms with van der Waals surface area (Å²) in [6, 6.07) is 9.62. The zero-order valence-electron chi connectivity index (χ0n) is 10.9. The monoisotopic (exact) mass is 370 g/mol. The van der Waals surface area contributed by atoms with Gasteiger partial charge in [-0.05, 0) is 37.0 Å². The molecule has 0 unspecified atom stereocenters. The van der Waals surface area contributed by atoms with Crippen molar-refractivity contribution in [2.45, 2.75) is 25.8 Å². The van der Waals surface area contributed by atoms with Gasteiger partial charge >= 0.3 is 0 Å². The van der Waals surface area contributed by atoms with Gasteiger partial charge in [0.1, 0.15) is 0 Å². The first kappa shape index (κ1) is 15.8. The zero-order valence-corrected chi connectivity index (χ0v) is 13.2. The summed E-state index contributed by atoms with van der Waals surface area (Å²) in [6.07, 6.45) is 3.67. The molecule has 19 heavy (non-hydrogen) atoms. The maximum absolute atomic E-state index is 8.82. The van der Waals surface area contributed by atoms with Gasteiger partial charge in [0.2, 0.25) is 0 Å². The molecule has 102 valence electrons. The molecule has 0 amide bonds. The van der Waals surface area contributed by atoms with Crippen LogP contribution in [0.1, 0.15) is 30.4 Å². The van der Waals surface area contributed by atoms with Gasteiger partial charge in [-0.25, -0.2) is 4.99 Å². The van der Waals surface area contributed by atoms with Crippen LogP contribution in [0, 0.1) is 11.3 Å². The van der Waals surface area contributed by atoms with Crippen molar-refractivity contribution in [2.24, 2.45) is 10.7 Å². The van der Waals surface area contributed by atoms with Crippen molar-refractivity contribution in [2.75, 3.05) is 13.1 Å². The number of piperidine rings is 1. The number of nitriles is 1. The number of benzene rings is 1. The summed E-state index contributed by atoms with van der Waals surface area (Å²) >= 11 is 0. The molecular weight excluding hydrogens is 351 g/mol. The molecule has 0 saturated carbocycles. The van der Waals surface area contributed by atoms with Gasteiger partial charge in [-0.15, -0.1) is 24.0 Å². The Balaban J connectivity index is 0.00000180. The van der Waals surface area contributed by atoms with Crippen LogP contribution in [0.5, 0.6) is 0 Å². The van der Waals surface area contributed by atoms with E-state index < -0.39 is 0 Å². The summed E-state index contributed by atoms with van der Waals surface area (Å²) in [4.78, 5) is 6.54. The molecule has 0 aliphatic carbocycles. The summed E-state index contributed by atoms with van der Waals surface area (Å²) in [7, 11) is 0. The van der Waals surface area contributed by atoms with Gasteiger partial charge < -0.3 is 10.6 Å². The van der Waals surface area contributed by atoms with Gasteiger partial charge in [-0.3, -0.25) is 0 Å². The highest BCUT2D eigenvalue weighted by molar-refractivity contribution is 14.0. The molecule has 1 aromatic rings. The molecule has 1 saturated heterocycles. The fourth-order valence-electron chi connectivity index (χ4n) is 2.13. The first-order valence-electron chi connectivity index (χ1n) is 6.33. The van der Waals surface area contributed by atoms with Crippen molar-refractivity contribution >= 4 is 29.9 Å². The zero-order chi connectivity index (χ0) is 12.8. The largest absolute Gasteiger partial charge is 0.370 e. The van der Waals surface area contributed by atoms with Crippen molar-refractivity contribution in [3.8, 4) is 6.07 Å². The van der Waals surface area contributed by atoms with Crippen LogP contribution in [0.3, 0.4) is 0 Å². The third kappa shape index (κ3) is 4.71. The van der Waals surface area contributed by atoms with E-state index in [9.17, 15) is 0 Å². The lowest BCUT2D eigenvalue weighted by Gasteiger charge is -2.27. The van der Waals surface area contributed by atoms with E-state index in [1.54, 1.807) is 6.07 Å². The molecule has 0 aromatic heterocycles. The summed E-state index contributed by atoms with van der Waals surface area (Å²) in [5.74, 6) is 0.622. The van der Waals surface area contributed by atoms with Gasteiger partial charge in [-0.2, -0.15) is 5.26 Å². The van der Waals surface area contributed by atoms with Crippen LogP contribution in [-0.4, -0.2) is 23.9 Å². The fourth-order valence-corrected chi connectivity index (χ4v) is 2.13. The molecule has 0 bridgehead atoms. The van der Waals surface area contributed by atoms with E-state index in [0.717, 1.165) is 18.7 Å². The van der Waals surface area contributed by atoms with Crippen molar-refractivity contribution in [1.29, 1.82) is 5.26 Å². The van der Waals surface area contributed by atoms with E-state index in [-0.39, 0.29) is 24.0 Å². The van der Waals surface area contributed by atoms with Gasteiger partial charge in [0.25, 0.3) is 0 Å². The summed E-state index contributed by atoms with van der Waals surface area (Å²) in [5, 5.41) is 8.82. The summed E-state index contributed by atoms with van der Waals surface area (Å²) in [6.45, 7) is 2.55. The molecule has 0 atom stereocenters. The normalized spacial score (nSPS) is 15.5. The molecule has 1 aliphatic heterocycles. The molecule has 2 rings (SSSR count). The number of aliphatic imine (C=N–C) groups is 1. The molecule has 1 fully saturated rings. The van der Waals surface area contributed by atoms with Crippen molar-refractivity contribution in [3.63, 3.8) is 0 Å². The topological polar surface area (TPSA) is 65.4 Å². The smallest absolute Gasteiger partial charge is 0.191 e. The van der Waals surface area contributed by atoms with Crippen LogP contribution >= 0.6 is 24.0 Å². The second-order valence-electron chi connectivity index (χ2n) is 4.53. The Kier molecular flexibility index (Phi) is 6.64. The third-order valence-electron chi connectivity index (χ3n) is 3.16. The predicted octanol–water partition coefficient (Wildman–Crippen LogP) is 2.48. The third-order valence-corrected chi connectivity index (χ3v) is 3.16. The highest BCUT2D eigenvalue weighted by atomic mass is 127. The molecular formula is C14H19IN4. The maximum atomic E-state index is 8.82. The molecule has 2 N–H and O–H groups in total. The molecule has 1 aromatic carbocycles. The number of guanidine groups is 1. The Labute approximate surface area is 131 Å². The van der Waals surface area contributed by atoms with Crippen molar-refractivity contribution in [1.82, 2.24) is 4.90 Å². The quantitative estimate of drug-likeness (QED) is 0.494. The lowest BCUT2D eigenvalue weighted by atomic mass is 10.1. The Hall–Kier alpha value is -1.29. The molecule has 5 heteroatoms. The maximum Gasteiger partial charge on any atom is 0.191 e. The average Bonchev–Trinajstić information content (AvgIpc) is 2.46. The Morgan fingerprint density at radius 3 is 2.74 bits per heavy atom. The van der Waals surface area contributed by atoms with Crippen LogP contribution in [0.2, 0.25) is 0 Å². The van der Waals surface area contributed by atoms with Gasteiger partial charge in [0, 0.05) is 13.1 Å². The van der Waals surface area contributed by atoms with Crippen LogP contribution in [0.25, 0.3) is 0 Å². The molecule has 0 radical (unpaired) electrons. The number of halogens is 1. The minimum absolute atomic E-state index is 0. The molecule has 4 nitrogen and oxygen atoms in total. The first-order chi connectivity index (χ1) is 8.79. The van der Waals surface area contributed by atoms with Crippen molar-refractivity contribution in [3.05, 3.63) is 35.4 Å². The van der Waals surface area contributed by atoms with E-state index >= 15 is 0 Å². The first-order valence-corrected chi connectivity index (χ1v) is 6.33. The number of hydrogen-bond donors (Lipinski definition) is 1. The lowest BCUT2D eigenvalue weighted by Crippen LogP contribution is -2.40. The Morgan fingerprint density at radius 2 is 2.05 bits per heavy atom. The number of nitrogens with zero attached hydrogens (tertiary/aromatic N) is 3. The lowest BCUT2D eigenvalue weighted by molar-refractivity contribution is 0.338. The van der Waals surface area contributed by atoms with Crippen LogP contribution in [-0.2, 0) is 6.54 Å². The molecule has 1 aliphatic rings. The number of likely N-dealkylation sites (tertiary alicyclic amines) is 1. The highest BCUT2D eigenvalue weighted by Crippen LogP contribution is 2.09. The highest BCUT2D eigenvalue weighted by Gasteiger charge is 2.11. The van der Waals surface area contributed by atoms with E-state index in [4.69, 9.17) is 11.0 Å². The Bertz CT molecular complexity index is 473. The van der Waals surface area contributed by atoms with E-state index in [2.05, 4.69) is 16.0 Å². The van der Waals surface area contributed by atoms with Gasteiger partial charge in [0.15, 0.2) is 5.96 Å².